The molecule has 1 aromatic carbocycles. The lowest BCUT2D eigenvalue weighted by atomic mass is 9.93. The van der Waals surface area contributed by atoms with Crippen molar-refractivity contribution in [3.8, 4) is 0 Å². The summed E-state index contributed by atoms with van der Waals surface area (Å²) in [5, 5.41) is 3.68. The van der Waals surface area contributed by atoms with Crippen LogP contribution in [0.5, 0.6) is 0 Å². The first-order valence-corrected chi connectivity index (χ1v) is 6.85. The van der Waals surface area contributed by atoms with Gasteiger partial charge in [0.05, 0.1) is 0 Å². The maximum atomic E-state index is 3.68. The number of hydrogen-bond acceptors (Lipinski definition) is 1. The van der Waals surface area contributed by atoms with Crippen LogP contribution in [-0.4, -0.2) is 6.54 Å². The van der Waals surface area contributed by atoms with E-state index in [-0.39, 0.29) is 0 Å². The molecule has 1 N–H and O–H groups in total. The molecule has 0 aliphatic carbocycles. The van der Waals surface area contributed by atoms with Gasteiger partial charge in [-0.05, 0) is 50.3 Å². The number of hydrogen-bond donors (Lipinski definition) is 1. The fourth-order valence-electron chi connectivity index (χ4n) is 2.33. The monoisotopic (exact) mass is 233 g/mol. The summed E-state index contributed by atoms with van der Waals surface area (Å²) in [4.78, 5) is 0. The molecule has 17 heavy (non-hydrogen) atoms. The van der Waals surface area contributed by atoms with E-state index >= 15 is 0 Å². The molecule has 1 unspecified atom stereocenters. The van der Waals surface area contributed by atoms with Crippen LogP contribution in [-0.2, 0) is 0 Å². The molecule has 0 amide bonds. The van der Waals surface area contributed by atoms with Crippen molar-refractivity contribution in [3.63, 3.8) is 0 Å². The Labute approximate surface area is 107 Å². The van der Waals surface area contributed by atoms with Crippen LogP contribution in [0.2, 0.25) is 0 Å². The van der Waals surface area contributed by atoms with Gasteiger partial charge in [0.1, 0.15) is 0 Å². The Balaban J connectivity index is 2.86. The standard InChI is InChI=1S/C16H27N/c1-6-9-17-16(10-12(2)3)15-8-7-13(4)11-14(15)5/h7-8,11-12,16-17H,6,9-10H2,1-5H3. The molecule has 0 fully saturated rings. The fraction of sp³-hybridized carbons (Fsp3) is 0.625. The van der Waals surface area contributed by atoms with Crippen molar-refractivity contribution in [3.05, 3.63) is 34.9 Å². The van der Waals surface area contributed by atoms with Crippen molar-refractivity contribution in [2.24, 2.45) is 5.92 Å². The highest BCUT2D eigenvalue weighted by Gasteiger charge is 2.14. The number of nitrogens with one attached hydrogen (secondary N) is 1. The minimum Gasteiger partial charge on any atom is -0.310 e. The molecule has 1 heteroatoms. The second kappa shape index (κ2) is 6.80. The van der Waals surface area contributed by atoms with Crippen molar-refractivity contribution in [2.75, 3.05) is 6.54 Å². The predicted molar refractivity (Wildman–Crippen MR) is 76.4 cm³/mol. The van der Waals surface area contributed by atoms with Crippen LogP contribution < -0.4 is 5.32 Å². The summed E-state index contributed by atoms with van der Waals surface area (Å²) in [7, 11) is 0. The summed E-state index contributed by atoms with van der Waals surface area (Å²) in [5.74, 6) is 0.727. The highest BCUT2D eigenvalue weighted by molar-refractivity contribution is 5.32. The molecule has 0 aliphatic rings. The van der Waals surface area contributed by atoms with Crippen LogP contribution >= 0.6 is 0 Å². The van der Waals surface area contributed by atoms with Gasteiger partial charge in [-0.3, -0.25) is 0 Å². The molecular formula is C16H27N. The van der Waals surface area contributed by atoms with Gasteiger partial charge in [-0.25, -0.2) is 0 Å². The number of aryl methyl sites for hydroxylation is 2. The summed E-state index contributed by atoms with van der Waals surface area (Å²) in [5.41, 5.74) is 4.24. The van der Waals surface area contributed by atoms with Gasteiger partial charge in [-0.15, -0.1) is 0 Å². The molecule has 0 heterocycles. The summed E-state index contributed by atoms with van der Waals surface area (Å²) in [6.45, 7) is 12.3. The van der Waals surface area contributed by atoms with E-state index in [2.05, 4.69) is 58.1 Å². The van der Waals surface area contributed by atoms with E-state index in [1.54, 1.807) is 0 Å². The third-order valence-electron chi connectivity index (χ3n) is 3.15. The maximum absolute atomic E-state index is 3.68. The first-order chi connectivity index (χ1) is 8.04. The van der Waals surface area contributed by atoms with Crippen LogP contribution in [0.1, 0.15) is 56.3 Å². The fourth-order valence-corrected chi connectivity index (χ4v) is 2.33. The van der Waals surface area contributed by atoms with Gasteiger partial charge >= 0.3 is 0 Å². The second-order valence-electron chi connectivity index (χ2n) is 5.50. The molecule has 0 radical (unpaired) electrons. The molecule has 0 aromatic heterocycles. The Morgan fingerprint density at radius 1 is 1.18 bits per heavy atom. The van der Waals surface area contributed by atoms with Crippen molar-refractivity contribution < 1.29 is 0 Å². The van der Waals surface area contributed by atoms with E-state index in [0.717, 1.165) is 12.5 Å². The van der Waals surface area contributed by atoms with Crippen LogP contribution in [0.25, 0.3) is 0 Å². The molecular weight excluding hydrogens is 206 g/mol. The average Bonchev–Trinajstić information content (AvgIpc) is 2.24. The van der Waals surface area contributed by atoms with E-state index in [1.165, 1.54) is 29.5 Å². The van der Waals surface area contributed by atoms with E-state index in [4.69, 9.17) is 0 Å². The van der Waals surface area contributed by atoms with Gasteiger partial charge in [-0.1, -0.05) is 44.5 Å². The zero-order valence-electron chi connectivity index (χ0n) is 12.0. The third kappa shape index (κ3) is 4.51. The molecule has 0 saturated carbocycles. The quantitative estimate of drug-likeness (QED) is 0.768. The van der Waals surface area contributed by atoms with Crippen molar-refractivity contribution >= 4 is 0 Å². The van der Waals surface area contributed by atoms with Gasteiger partial charge in [-0.2, -0.15) is 0 Å². The SMILES string of the molecule is CCCNC(CC(C)C)c1ccc(C)cc1C. The smallest absolute Gasteiger partial charge is 0.0325 e. The molecule has 1 nitrogen and oxygen atoms in total. The summed E-state index contributed by atoms with van der Waals surface area (Å²) >= 11 is 0. The van der Waals surface area contributed by atoms with Gasteiger partial charge in [0, 0.05) is 6.04 Å². The van der Waals surface area contributed by atoms with Crippen LogP contribution in [0.15, 0.2) is 18.2 Å². The van der Waals surface area contributed by atoms with Crippen LogP contribution in [0.4, 0.5) is 0 Å². The minimum atomic E-state index is 0.510. The lowest BCUT2D eigenvalue weighted by Gasteiger charge is -2.23. The van der Waals surface area contributed by atoms with Crippen molar-refractivity contribution in [2.45, 2.75) is 53.5 Å². The van der Waals surface area contributed by atoms with Gasteiger partial charge < -0.3 is 5.32 Å². The molecule has 1 aromatic rings. The Morgan fingerprint density at radius 2 is 1.88 bits per heavy atom. The Morgan fingerprint density at radius 3 is 2.41 bits per heavy atom. The van der Waals surface area contributed by atoms with Crippen molar-refractivity contribution in [1.82, 2.24) is 5.32 Å². The van der Waals surface area contributed by atoms with Gasteiger partial charge in [0.25, 0.3) is 0 Å². The highest BCUT2D eigenvalue weighted by atomic mass is 14.9. The Bertz CT molecular complexity index is 341. The van der Waals surface area contributed by atoms with E-state index < -0.39 is 0 Å². The van der Waals surface area contributed by atoms with Crippen molar-refractivity contribution in [1.29, 1.82) is 0 Å². The van der Waals surface area contributed by atoms with E-state index in [0.29, 0.717) is 6.04 Å². The molecule has 0 spiro atoms. The maximum Gasteiger partial charge on any atom is 0.0325 e. The van der Waals surface area contributed by atoms with Gasteiger partial charge in [0.15, 0.2) is 0 Å². The largest absolute Gasteiger partial charge is 0.310 e. The lowest BCUT2D eigenvalue weighted by molar-refractivity contribution is 0.429. The lowest BCUT2D eigenvalue weighted by Crippen LogP contribution is -2.24. The molecule has 96 valence electrons. The zero-order valence-corrected chi connectivity index (χ0v) is 12.0. The summed E-state index contributed by atoms with van der Waals surface area (Å²) < 4.78 is 0. The van der Waals surface area contributed by atoms with Crippen LogP contribution in [0.3, 0.4) is 0 Å². The Hall–Kier alpha value is -0.820. The number of benzene rings is 1. The minimum absolute atomic E-state index is 0.510. The highest BCUT2D eigenvalue weighted by Crippen LogP contribution is 2.24. The third-order valence-corrected chi connectivity index (χ3v) is 3.15. The Kier molecular flexibility index (Phi) is 5.70. The average molecular weight is 233 g/mol. The molecule has 0 saturated heterocycles. The van der Waals surface area contributed by atoms with Gasteiger partial charge in [0.2, 0.25) is 0 Å². The number of rotatable bonds is 6. The topological polar surface area (TPSA) is 12.0 Å². The predicted octanol–water partition coefficient (Wildman–Crippen LogP) is 4.39. The first kappa shape index (κ1) is 14.2. The molecule has 1 rings (SSSR count). The summed E-state index contributed by atoms with van der Waals surface area (Å²) in [6.07, 6.45) is 2.41. The molecule has 0 bridgehead atoms. The normalized spacial score (nSPS) is 13.1. The first-order valence-electron chi connectivity index (χ1n) is 6.85. The van der Waals surface area contributed by atoms with Crippen LogP contribution in [0, 0.1) is 19.8 Å². The molecule has 1 atom stereocenters. The van der Waals surface area contributed by atoms with E-state index in [1.807, 2.05) is 0 Å². The van der Waals surface area contributed by atoms with E-state index in [9.17, 15) is 0 Å². The molecule has 0 aliphatic heterocycles. The summed E-state index contributed by atoms with van der Waals surface area (Å²) in [6, 6.07) is 7.32. The second-order valence-corrected chi connectivity index (χ2v) is 5.50. The zero-order chi connectivity index (χ0) is 12.8.